The van der Waals surface area contributed by atoms with Crippen LogP contribution in [-0.2, 0) is 0 Å². The van der Waals surface area contributed by atoms with Crippen LogP contribution in [0.1, 0.15) is 0 Å². The molecule has 0 saturated carbocycles. The van der Waals surface area contributed by atoms with E-state index in [-0.39, 0.29) is 0 Å². The fraction of sp³-hybridized carbons (Fsp3) is 0. The number of benzene rings is 6. The highest BCUT2D eigenvalue weighted by molar-refractivity contribution is 7.99. The van der Waals surface area contributed by atoms with E-state index in [0.717, 1.165) is 0 Å². The maximum absolute atomic E-state index is 6.45. The van der Waals surface area contributed by atoms with Crippen LogP contribution in [0.3, 0.4) is 0 Å². The number of nitrogen functional groups attached to an aromatic ring is 4. The monoisotopic (exact) mass is 614 g/mol. The summed E-state index contributed by atoms with van der Waals surface area (Å²) in [6.45, 7) is 0. The van der Waals surface area contributed by atoms with Gasteiger partial charge >= 0.3 is 0 Å². The third-order valence-electron chi connectivity index (χ3n) is 6.65. The molecular formula is C36H30N4O4S. The Labute approximate surface area is 265 Å². The van der Waals surface area contributed by atoms with Crippen LogP contribution in [0, 0.1) is 0 Å². The minimum atomic E-state index is 0.437. The lowest BCUT2D eigenvalue weighted by molar-refractivity contribution is 0.411. The zero-order valence-corrected chi connectivity index (χ0v) is 24.9. The van der Waals surface area contributed by atoms with Crippen molar-refractivity contribution >= 4 is 34.5 Å². The van der Waals surface area contributed by atoms with E-state index in [9.17, 15) is 0 Å². The molecule has 6 rings (SSSR count). The second-order valence-corrected chi connectivity index (χ2v) is 10.9. The van der Waals surface area contributed by atoms with Gasteiger partial charge in [-0.15, -0.1) is 0 Å². The Hall–Kier alpha value is -5.93. The van der Waals surface area contributed by atoms with Gasteiger partial charge in [0.15, 0.2) is 46.0 Å². The Bertz CT molecular complexity index is 1830. The van der Waals surface area contributed by atoms with Crippen molar-refractivity contribution in [3.05, 3.63) is 133 Å². The molecule has 0 fully saturated rings. The second kappa shape index (κ2) is 13.2. The summed E-state index contributed by atoms with van der Waals surface area (Å²) < 4.78 is 25.5. The first-order valence-corrected chi connectivity index (χ1v) is 14.8. The number of para-hydroxylation sites is 10. The molecule has 6 aromatic carbocycles. The zero-order valence-electron chi connectivity index (χ0n) is 24.1. The van der Waals surface area contributed by atoms with Crippen LogP contribution in [-0.4, -0.2) is 0 Å². The van der Waals surface area contributed by atoms with E-state index in [0.29, 0.717) is 78.5 Å². The van der Waals surface area contributed by atoms with E-state index in [2.05, 4.69) is 0 Å². The molecule has 6 aromatic rings. The van der Waals surface area contributed by atoms with Crippen molar-refractivity contribution in [2.24, 2.45) is 0 Å². The van der Waals surface area contributed by atoms with Gasteiger partial charge in [0, 0.05) is 0 Å². The predicted octanol–water partition coefficient (Wildman–Crippen LogP) is 9.34. The van der Waals surface area contributed by atoms with Crippen LogP contribution >= 0.6 is 11.8 Å². The lowest BCUT2D eigenvalue weighted by Crippen LogP contribution is -1.98. The quantitative estimate of drug-likeness (QED) is 0.111. The molecule has 0 aromatic heterocycles. The number of hydrogen-bond donors (Lipinski definition) is 4. The molecule has 224 valence electrons. The molecule has 0 radical (unpaired) electrons. The van der Waals surface area contributed by atoms with E-state index in [1.165, 1.54) is 11.8 Å². The second-order valence-electron chi connectivity index (χ2n) is 9.83. The van der Waals surface area contributed by atoms with Gasteiger partial charge in [0.1, 0.15) is 0 Å². The largest absolute Gasteiger partial charge is 0.451 e. The molecule has 0 aliphatic carbocycles. The first kappa shape index (κ1) is 29.2. The van der Waals surface area contributed by atoms with Crippen molar-refractivity contribution in [2.45, 2.75) is 9.79 Å². The first-order chi connectivity index (χ1) is 22.0. The topological polar surface area (TPSA) is 141 Å². The van der Waals surface area contributed by atoms with Crippen molar-refractivity contribution in [2.75, 3.05) is 22.9 Å². The normalized spacial score (nSPS) is 10.7. The van der Waals surface area contributed by atoms with Gasteiger partial charge in [0.2, 0.25) is 0 Å². The van der Waals surface area contributed by atoms with Crippen molar-refractivity contribution < 1.29 is 18.9 Å². The minimum absolute atomic E-state index is 0.437. The Kier molecular flexibility index (Phi) is 8.52. The Morgan fingerprint density at radius 1 is 0.311 bits per heavy atom. The Morgan fingerprint density at radius 2 is 0.600 bits per heavy atom. The van der Waals surface area contributed by atoms with Gasteiger partial charge in [0.25, 0.3) is 0 Å². The summed E-state index contributed by atoms with van der Waals surface area (Å²) in [6.07, 6.45) is 0. The lowest BCUT2D eigenvalue weighted by atomic mass is 10.2. The molecule has 0 aliphatic heterocycles. The zero-order chi connectivity index (χ0) is 31.2. The first-order valence-electron chi connectivity index (χ1n) is 14.0. The molecule has 0 spiro atoms. The van der Waals surface area contributed by atoms with Crippen molar-refractivity contribution in [1.82, 2.24) is 0 Å². The van der Waals surface area contributed by atoms with Crippen LogP contribution in [0.15, 0.2) is 143 Å². The third-order valence-corrected chi connectivity index (χ3v) is 7.73. The third kappa shape index (κ3) is 6.69. The average molecular weight is 615 g/mol. The fourth-order valence-electron chi connectivity index (χ4n) is 4.38. The van der Waals surface area contributed by atoms with Crippen molar-refractivity contribution in [3.63, 3.8) is 0 Å². The molecule has 0 saturated heterocycles. The molecule has 0 aliphatic rings. The summed E-state index contributed by atoms with van der Waals surface area (Å²) in [4.78, 5) is 1.43. The van der Waals surface area contributed by atoms with Crippen LogP contribution < -0.4 is 41.9 Å². The molecule has 0 unspecified atom stereocenters. The maximum Gasteiger partial charge on any atom is 0.183 e. The average Bonchev–Trinajstić information content (AvgIpc) is 3.04. The van der Waals surface area contributed by atoms with Crippen LogP contribution in [0.2, 0.25) is 0 Å². The summed E-state index contributed by atoms with van der Waals surface area (Å²) in [6, 6.07) is 40.2. The van der Waals surface area contributed by atoms with Gasteiger partial charge < -0.3 is 41.9 Å². The van der Waals surface area contributed by atoms with Gasteiger partial charge in [-0.05, 0) is 72.8 Å². The highest BCUT2D eigenvalue weighted by atomic mass is 32.2. The van der Waals surface area contributed by atoms with Crippen molar-refractivity contribution in [1.29, 1.82) is 0 Å². The van der Waals surface area contributed by atoms with Gasteiger partial charge in [-0.2, -0.15) is 0 Å². The summed E-state index contributed by atoms with van der Waals surface area (Å²) >= 11 is 1.39. The Balaban J connectivity index is 1.46. The number of anilines is 4. The molecule has 0 atom stereocenters. The minimum Gasteiger partial charge on any atom is -0.451 e. The maximum atomic E-state index is 6.45. The number of rotatable bonds is 10. The SMILES string of the molecule is Nc1ccccc1Oc1cccc(Sc2cccc(Oc3ccccc3N)c2Oc2ccccc2N)c1Oc1ccccc1N. The molecule has 8 nitrogen and oxygen atoms in total. The summed E-state index contributed by atoms with van der Waals surface area (Å²) in [5, 5.41) is 0. The van der Waals surface area contributed by atoms with E-state index in [1.807, 2.05) is 84.9 Å². The highest BCUT2D eigenvalue weighted by Crippen LogP contribution is 2.51. The smallest absolute Gasteiger partial charge is 0.183 e. The number of hydrogen-bond acceptors (Lipinski definition) is 9. The van der Waals surface area contributed by atoms with E-state index in [4.69, 9.17) is 41.9 Å². The van der Waals surface area contributed by atoms with Gasteiger partial charge in [-0.1, -0.05) is 72.4 Å². The summed E-state index contributed by atoms with van der Waals surface area (Å²) in [5.74, 6) is 3.69. The molecule has 9 heteroatoms. The number of nitrogens with two attached hydrogens (primary N) is 4. The van der Waals surface area contributed by atoms with E-state index < -0.39 is 0 Å². The highest BCUT2D eigenvalue weighted by Gasteiger charge is 2.21. The standard InChI is InChI=1S/C36H30N4O4S/c37-23-11-1-5-15-27(23)41-31-19-9-21-33(35(31)43-29-17-7-3-13-25(29)39)45-34-22-10-20-32(42-28-16-6-2-12-24(28)38)36(34)44-30-18-8-4-14-26(30)40/h1-22H,37-40H2. The molecule has 0 amide bonds. The molecule has 8 N–H and O–H groups in total. The number of ether oxygens (including phenoxy) is 4. The summed E-state index contributed by atoms with van der Waals surface area (Å²) in [7, 11) is 0. The molecule has 45 heavy (non-hydrogen) atoms. The molecule has 0 bridgehead atoms. The van der Waals surface area contributed by atoms with Crippen molar-refractivity contribution in [3.8, 4) is 46.0 Å². The van der Waals surface area contributed by atoms with Crippen LogP contribution in [0.4, 0.5) is 22.7 Å². The van der Waals surface area contributed by atoms with E-state index >= 15 is 0 Å². The van der Waals surface area contributed by atoms with Crippen LogP contribution in [0.25, 0.3) is 0 Å². The molecule has 0 heterocycles. The Morgan fingerprint density at radius 3 is 0.933 bits per heavy atom. The summed E-state index contributed by atoms with van der Waals surface area (Å²) in [5.41, 5.74) is 26.9. The van der Waals surface area contributed by atoms with E-state index in [1.54, 1.807) is 48.5 Å². The van der Waals surface area contributed by atoms with Gasteiger partial charge in [0.05, 0.1) is 32.5 Å². The fourth-order valence-corrected chi connectivity index (χ4v) is 5.38. The van der Waals surface area contributed by atoms with Crippen LogP contribution in [0.5, 0.6) is 46.0 Å². The molecular weight excluding hydrogens is 584 g/mol. The van der Waals surface area contributed by atoms with Gasteiger partial charge in [-0.3, -0.25) is 0 Å². The van der Waals surface area contributed by atoms with Gasteiger partial charge in [-0.25, -0.2) is 0 Å². The predicted molar refractivity (Wildman–Crippen MR) is 181 cm³/mol. The lowest BCUT2D eigenvalue weighted by Gasteiger charge is -2.20.